The number of imidazole rings is 2. The molecule has 3 amide bonds. The number of H-pyrrole nitrogens is 2. The highest BCUT2D eigenvalue weighted by Gasteiger charge is 2.55. The van der Waals surface area contributed by atoms with Gasteiger partial charge in [0.2, 0.25) is 18.4 Å². The van der Waals surface area contributed by atoms with E-state index in [-0.39, 0.29) is 102 Å². The third-order valence-corrected chi connectivity index (χ3v) is 10.7. The Kier molecular flexibility index (Phi) is 15.9. The minimum Gasteiger partial charge on any atom is -0.453 e. The number of benzene rings is 2. The smallest absolute Gasteiger partial charge is 0.407 e. The fourth-order valence-electron chi connectivity index (χ4n) is 7.56. The summed E-state index contributed by atoms with van der Waals surface area (Å²) in [5.41, 5.74) is 5.33. The molecule has 4 aromatic rings. The second-order valence-corrected chi connectivity index (χ2v) is 14.8. The molecule has 16 heteroatoms. The molecule has 4 atom stereocenters. The van der Waals surface area contributed by atoms with Crippen LogP contribution in [0.5, 0.6) is 0 Å². The van der Waals surface area contributed by atoms with E-state index in [4.69, 9.17) is 16.3 Å². The van der Waals surface area contributed by atoms with Gasteiger partial charge in [-0.25, -0.2) is 21.3 Å². The van der Waals surface area contributed by atoms with Gasteiger partial charge in [-0.15, -0.1) is 0 Å². The molecule has 0 bridgehead atoms. The van der Waals surface area contributed by atoms with Crippen LogP contribution >= 0.6 is 54.0 Å². The van der Waals surface area contributed by atoms with Gasteiger partial charge >= 0.3 is 6.09 Å². The molecular formula is C40H52N8O4S4. The zero-order valence-corrected chi connectivity index (χ0v) is 36.0. The van der Waals surface area contributed by atoms with Crippen LogP contribution in [0.4, 0.5) is 4.79 Å². The minimum absolute atomic E-state index is 0. The summed E-state index contributed by atoms with van der Waals surface area (Å²) in [6.45, 7) is 14.3. The number of rotatable bonds is 8. The molecular weight excluding hydrogens is 785 g/mol. The fraction of sp³-hybridized carbons (Fsp3) is 0.450. The van der Waals surface area contributed by atoms with Crippen molar-refractivity contribution in [3.63, 3.8) is 0 Å². The summed E-state index contributed by atoms with van der Waals surface area (Å²) in [5, 5.41) is 2.74. The molecule has 2 saturated heterocycles. The molecule has 2 aromatic heterocycles. The van der Waals surface area contributed by atoms with Gasteiger partial charge in [0.15, 0.2) is 0 Å². The molecule has 3 fully saturated rings. The summed E-state index contributed by atoms with van der Waals surface area (Å²) < 4.78 is 4.80. The number of likely N-dealkylation sites (tertiary alicyclic amines) is 2. The van der Waals surface area contributed by atoms with E-state index in [1.54, 1.807) is 6.20 Å². The van der Waals surface area contributed by atoms with Crippen LogP contribution in [0.3, 0.4) is 0 Å². The van der Waals surface area contributed by atoms with Crippen molar-refractivity contribution >= 4 is 82.9 Å². The van der Waals surface area contributed by atoms with Gasteiger partial charge in [0.25, 0.3) is 0 Å². The highest BCUT2D eigenvalue weighted by Crippen LogP contribution is 2.58. The van der Waals surface area contributed by atoms with Crippen LogP contribution in [0.1, 0.15) is 87.7 Å². The molecule has 0 radical (unpaired) electrons. The van der Waals surface area contributed by atoms with Crippen molar-refractivity contribution in [3.8, 4) is 23.1 Å². The van der Waals surface area contributed by atoms with Gasteiger partial charge in [0.1, 0.15) is 23.6 Å². The zero-order valence-electron chi connectivity index (χ0n) is 32.0. The number of carbonyl (C=O) groups is 3. The SMILES string of the molecule is S.S.S.S.[C-]#[N+]C[C@H](C)C(=O)N1CCC[C@H]1c1ncc(-c2ccc(C#Cc3ccc4nc([C@@H]5CC6(CC6)CN5C(=O)[C@@H](NC(=O)OC)C(C)C)[nH]c4c3)cc2)[nH]1. The standard InChI is InChI=1S/C40H44N8O4.4H2S/c1-24(2)34(46-39(51)52-5)38(50)48-23-40(16-17-40)20-33(48)36-43-29-15-12-27(19-30(29)44-36)9-8-26-10-13-28(14-11-26)31-22-42-35(45-31)32-7-6-18-47(32)37(49)25(3)21-41-4;;;;/h10-15,19,22,24-25,32-34H,6-7,16-18,20-21,23H2,1-3,5H3,(H,42,45)(H,43,44)(H,46,51);4*1H2/t25-,32-,33-,34-;;;;/m0..../s1. The molecule has 12 nitrogen and oxygen atoms in total. The number of fused-ring (bicyclic) bond motifs is 1. The van der Waals surface area contributed by atoms with Crippen molar-refractivity contribution in [2.24, 2.45) is 17.3 Å². The van der Waals surface area contributed by atoms with Crippen LogP contribution in [0.2, 0.25) is 0 Å². The maximum absolute atomic E-state index is 13.8. The van der Waals surface area contributed by atoms with Crippen LogP contribution in [-0.4, -0.2) is 80.4 Å². The first-order valence-corrected chi connectivity index (χ1v) is 18.0. The molecule has 4 heterocycles. The summed E-state index contributed by atoms with van der Waals surface area (Å²) in [6, 6.07) is 12.9. The summed E-state index contributed by atoms with van der Waals surface area (Å²) in [4.78, 5) is 62.4. The normalized spacial score (nSPS) is 18.6. The van der Waals surface area contributed by atoms with Crippen molar-refractivity contribution in [2.75, 3.05) is 26.7 Å². The van der Waals surface area contributed by atoms with E-state index in [1.807, 2.05) is 73.0 Å². The van der Waals surface area contributed by atoms with Gasteiger partial charge in [-0.05, 0) is 86.3 Å². The van der Waals surface area contributed by atoms with Crippen LogP contribution in [0.25, 0.3) is 27.1 Å². The Morgan fingerprint density at radius 1 is 0.964 bits per heavy atom. The number of aromatic nitrogens is 4. The molecule has 3 N–H and O–H groups in total. The van der Waals surface area contributed by atoms with E-state index in [9.17, 15) is 14.4 Å². The first kappa shape index (κ1) is 46.2. The minimum atomic E-state index is -0.688. The van der Waals surface area contributed by atoms with E-state index < -0.39 is 12.1 Å². The number of nitrogens with zero attached hydrogens (tertiary/aromatic N) is 5. The molecule has 2 aromatic carbocycles. The van der Waals surface area contributed by atoms with Crippen LogP contribution in [0, 0.1) is 35.7 Å². The molecule has 300 valence electrons. The first-order valence-electron chi connectivity index (χ1n) is 18.0. The number of hydrogen-bond acceptors (Lipinski definition) is 6. The molecule has 3 aliphatic rings. The number of hydrogen-bond donors (Lipinski definition) is 3. The fourth-order valence-corrected chi connectivity index (χ4v) is 7.56. The maximum atomic E-state index is 13.8. The second-order valence-electron chi connectivity index (χ2n) is 14.8. The Morgan fingerprint density at radius 2 is 1.66 bits per heavy atom. The topological polar surface area (TPSA) is 141 Å². The van der Waals surface area contributed by atoms with Crippen molar-refractivity contribution < 1.29 is 19.1 Å². The molecule has 0 unspecified atom stereocenters. The Labute approximate surface area is 356 Å². The van der Waals surface area contributed by atoms with Gasteiger partial charge in [-0.3, -0.25) is 9.59 Å². The Balaban J connectivity index is 0.00000210. The van der Waals surface area contributed by atoms with E-state index in [2.05, 4.69) is 37.0 Å². The Morgan fingerprint density at radius 3 is 2.32 bits per heavy atom. The maximum Gasteiger partial charge on any atom is 0.407 e. The largest absolute Gasteiger partial charge is 0.453 e. The monoisotopic (exact) mass is 836 g/mol. The number of ether oxygens (including phenoxy) is 1. The van der Waals surface area contributed by atoms with Crippen molar-refractivity contribution in [1.82, 2.24) is 35.1 Å². The lowest BCUT2D eigenvalue weighted by Gasteiger charge is -2.30. The highest BCUT2D eigenvalue weighted by atomic mass is 32.1. The molecule has 1 saturated carbocycles. The zero-order chi connectivity index (χ0) is 36.6. The predicted molar refractivity (Wildman–Crippen MR) is 237 cm³/mol. The van der Waals surface area contributed by atoms with E-state index >= 15 is 0 Å². The number of amides is 3. The third-order valence-electron chi connectivity index (χ3n) is 10.7. The number of nitrogens with one attached hydrogen (secondary N) is 3. The quantitative estimate of drug-likeness (QED) is 0.138. The third kappa shape index (κ3) is 9.65. The lowest BCUT2D eigenvalue weighted by atomic mass is 10.0. The van der Waals surface area contributed by atoms with E-state index in [0.29, 0.717) is 13.1 Å². The summed E-state index contributed by atoms with van der Waals surface area (Å²) in [5.74, 6) is 7.53. The van der Waals surface area contributed by atoms with Gasteiger partial charge in [-0.1, -0.05) is 37.8 Å². The average molecular weight is 837 g/mol. The molecule has 7 rings (SSSR count). The Bertz CT molecular complexity index is 2120. The number of methoxy groups -OCH3 is 1. The van der Waals surface area contributed by atoms with Gasteiger partial charge in [0, 0.05) is 24.2 Å². The van der Waals surface area contributed by atoms with Gasteiger partial charge in [0.05, 0.1) is 42.1 Å². The predicted octanol–water partition coefficient (Wildman–Crippen LogP) is 6.46. The first-order chi connectivity index (χ1) is 25.1. The summed E-state index contributed by atoms with van der Waals surface area (Å²) in [6.07, 6.45) is 5.96. The van der Waals surface area contributed by atoms with Gasteiger partial charge < -0.3 is 34.7 Å². The highest BCUT2D eigenvalue weighted by molar-refractivity contribution is 7.59. The Hall–Kier alpha value is -4.22. The van der Waals surface area contributed by atoms with Crippen molar-refractivity contribution in [1.29, 1.82) is 0 Å². The van der Waals surface area contributed by atoms with Gasteiger partial charge in [-0.2, -0.15) is 54.0 Å². The molecule has 1 aliphatic carbocycles. The van der Waals surface area contributed by atoms with Crippen molar-refractivity contribution in [3.05, 3.63) is 82.9 Å². The average Bonchev–Trinajstić information content (AvgIpc) is 3.63. The molecule has 1 spiro atoms. The van der Waals surface area contributed by atoms with Crippen molar-refractivity contribution in [2.45, 2.75) is 71.0 Å². The van der Waals surface area contributed by atoms with E-state index in [1.165, 1.54) is 7.11 Å². The summed E-state index contributed by atoms with van der Waals surface area (Å²) in [7, 11) is 1.30. The van der Waals surface area contributed by atoms with Crippen LogP contribution in [-0.2, 0) is 14.3 Å². The lowest BCUT2D eigenvalue weighted by molar-refractivity contribution is -0.136. The molecule has 2 aliphatic heterocycles. The summed E-state index contributed by atoms with van der Waals surface area (Å²) >= 11 is 0. The number of aromatic amines is 2. The van der Waals surface area contributed by atoms with E-state index in [0.717, 1.165) is 77.2 Å². The number of alkyl carbamates (subject to hydrolysis) is 1. The van der Waals surface area contributed by atoms with Crippen LogP contribution in [0.15, 0.2) is 48.7 Å². The van der Waals surface area contributed by atoms with Crippen LogP contribution < -0.4 is 5.32 Å². The lowest BCUT2D eigenvalue weighted by Crippen LogP contribution is -2.51. The second kappa shape index (κ2) is 19.3. The molecule has 56 heavy (non-hydrogen) atoms. The number of carbonyl (C=O) groups excluding carboxylic acids is 3.